The van der Waals surface area contributed by atoms with E-state index in [1.54, 1.807) is 0 Å². The van der Waals surface area contributed by atoms with Gasteiger partial charge in [-0.1, -0.05) is 12.1 Å². The Morgan fingerprint density at radius 2 is 1.40 bits per heavy atom. The van der Waals surface area contributed by atoms with Crippen LogP contribution in [0.5, 0.6) is 0 Å². The van der Waals surface area contributed by atoms with E-state index in [1.807, 2.05) is 48.8 Å². The summed E-state index contributed by atoms with van der Waals surface area (Å²) in [6.45, 7) is 2.90. The Kier molecular flexibility index (Phi) is 4.01. The maximum absolute atomic E-state index is 9.53. The molecule has 0 radical (unpaired) electrons. The second-order valence-electron chi connectivity index (χ2n) is 4.90. The van der Waals surface area contributed by atoms with E-state index >= 15 is 0 Å². The minimum atomic E-state index is 0.0473. The molecule has 1 aliphatic heterocycles. The summed E-state index contributed by atoms with van der Waals surface area (Å²) in [5, 5.41) is 10.9. The molecule has 1 aliphatic rings. The Morgan fingerprint density at radius 3 is 1.85 bits per heavy atom. The van der Waals surface area contributed by atoms with Crippen molar-refractivity contribution in [2.75, 3.05) is 26.2 Å². The van der Waals surface area contributed by atoms with E-state index in [0.29, 0.717) is 13.1 Å². The van der Waals surface area contributed by atoms with Crippen molar-refractivity contribution in [2.24, 2.45) is 0 Å². The molecule has 1 N–H and O–H groups in total. The highest BCUT2D eigenvalue weighted by Crippen LogP contribution is 2.26. The fourth-order valence-electron chi connectivity index (χ4n) is 2.57. The highest BCUT2D eigenvalue weighted by Gasteiger charge is 2.27. The molecule has 0 aromatic carbocycles. The quantitative estimate of drug-likeness (QED) is 0.917. The van der Waals surface area contributed by atoms with Crippen molar-refractivity contribution in [3.8, 4) is 0 Å². The van der Waals surface area contributed by atoms with Gasteiger partial charge in [0.15, 0.2) is 0 Å². The third-order valence-corrected chi connectivity index (χ3v) is 3.59. The molecule has 3 rings (SSSR count). The average molecular weight is 270 g/mol. The molecule has 5 heteroatoms. The van der Waals surface area contributed by atoms with E-state index < -0.39 is 0 Å². The zero-order chi connectivity index (χ0) is 13.8. The number of rotatable bonds is 3. The molecule has 20 heavy (non-hydrogen) atoms. The predicted octanol–water partition coefficient (Wildman–Crippen LogP) is 1.57. The molecular weight excluding hydrogens is 252 g/mol. The van der Waals surface area contributed by atoms with Crippen molar-refractivity contribution >= 4 is 0 Å². The van der Waals surface area contributed by atoms with Crippen molar-refractivity contribution in [1.29, 1.82) is 0 Å². The minimum absolute atomic E-state index is 0.0473. The summed E-state index contributed by atoms with van der Waals surface area (Å²) in [6.07, 6.45) is 3.63. The largest absolute Gasteiger partial charge is 0.314 e. The van der Waals surface area contributed by atoms with Gasteiger partial charge in [-0.2, -0.15) is 5.06 Å². The van der Waals surface area contributed by atoms with E-state index in [-0.39, 0.29) is 6.04 Å². The molecule has 0 amide bonds. The molecule has 0 aliphatic carbocycles. The van der Waals surface area contributed by atoms with Gasteiger partial charge in [-0.05, 0) is 24.3 Å². The van der Waals surface area contributed by atoms with Crippen LogP contribution in [-0.2, 0) is 0 Å². The lowest BCUT2D eigenvalue weighted by molar-refractivity contribution is -0.121. The van der Waals surface area contributed by atoms with Crippen LogP contribution in [-0.4, -0.2) is 51.3 Å². The number of pyridine rings is 2. The minimum Gasteiger partial charge on any atom is -0.314 e. The van der Waals surface area contributed by atoms with Crippen molar-refractivity contribution < 1.29 is 5.21 Å². The van der Waals surface area contributed by atoms with E-state index in [2.05, 4.69) is 14.9 Å². The van der Waals surface area contributed by atoms with E-state index in [4.69, 9.17) is 0 Å². The Bertz CT molecular complexity index is 487. The van der Waals surface area contributed by atoms with Crippen molar-refractivity contribution in [1.82, 2.24) is 19.9 Å². The Hall–Kier alpha value is -1.82. The molecule has 1 fully saturated rings. The van der Waals surface area contributed by atoms with E-state index in [1.165, 1.54) is 5.06 Å². The van der Waals surface area contributed by atoms with Gasteiger partial charge in [0.1, 0.15) is 0 Å². The van der Waals surface area contributed by atoms with Gasteiger partial charge in [-0.25, -0.2) is 0 Å². The summed E-state index contributed by atoms with van der Waals surface area (Å²) in [4.78, 5) is 11.3. The zero-order valence-electron chi connectivity index (χ0n) is 11.3. The van der Waals surface area contributed by atoms with Crippen LogP contribution in [0.15, 0.2) is 48.8 Å². The first-order valence-electron chi connectivity index (χ1n) is 6.84. The molecular formula is C15H18N4O. The molecule has 2 aromatic rings. The number of nitrogens with zero attached hydrogens (tertiary/aromatic N) is 4. The molecule has 5 nitrogen and oxygen atoms in total. The predicted molar refractivity (Wildman–Crippen MR) is 75.2 cm³/mol. The maximum Gasteiger partial charge on any atom is 0.0950 e. The Morgan fingerprint density at radius 1 is 0.850 bits per heavy atom. The molecule has 0 spiro atoms. The lowest BCUT2D eigenvalue weighted by Crippen LogP contribution is -2.46. The highest BCUT2D eigenvalue weighted by atomic mass is 16.5. The van der Waals surface area contributed by atoms with Gasteiger partial charge in [-0.3, -0.25) is 14.9 Å². The van der Waals surface area contributed by atoms with E-state index in [0.717, 1.165) is 24.5 Å². The van der Waals surface area contributed by atoms with Crippen molar-refractivity contribution in [3.05, 3.63) is 60.2 Å². The summed E-state index contributed by atoms with van der Waals surface area (Å²) in [6, 6.07) is 12.0. The van der Waals surface area contributed by atoms with Gasteiger partial charge in [0.2, 0.25) is 0 Å². The van der Waals surface area contributed by atoms with Crippen LogP contribution >= 0.6 is 0 Å². The summed E-state index contributed by atoms with van der Waals surface area (Å²) >= 11 is 0. The molecule has 3 heterocycles. The number of piperazine rings is 1. The van der Waals surface area contributed by atoms with Gasteiger partial charge < -0.3 is 5.21 Å². The van der Waals surface area contributed by atoms with Crippen LogP contribution in [0, 0.1) is 0 Å². The molecule has 0 saturated carbocycles. The van der Waals surface area contributed by atoms with Gasteiger partial charge in [0.05, 0.1) is 17.4 Å². The fraction of sp³-hybridized carbons (Fsp3) is 0.333. The fourth-order valence-corrected chi connectivity index (χ4v) is 2.57. The SMILES string of the molecule is ON1CCN(C(c2ccccn2)c2ccccn2)CC1. The van der Waals surface area contributed by atoms with Gasteiger partial charge >= 0.3 is 0 Å². The lowest BCUT2D eigenvalue weighted by Gasteiger charge is -2.36. The first kappa shape index (κ1) is 13.2. The Balaban J connectivity index is 1.92. The zero-order valence-corrected chi connectivity index (χ0v) is 11.3. The number of aromatic nitrogens is 2. The van der Waals surface area contributed by atoms with Crippen LogP contribution in [0.3, 0.4) is 0 Å². The highest BCUT2D eigenvalue weighted by molar-refractivity contribution is 5.22. The standard InChI is InChI=1S/C15H18N4O/c20-19-11-9-18(10-12-19)15(13-5-1-3-7-16-13)14-6-2-4-8-17-14/h1-8,15,20H,9-12H2. The Labute approximate surface area is 118 Å². The molecule has 0 atom stereocenters. The average Bonchev–Trinajstić information content (AvgIpc) is 2.52. The van der Waals surface area contributed by atoms with Gasteiger partial charge in [0.25, 0.3) is 0 Å². The maximum atomic E-state index is 9.53. The third kappa shape index (κ3) is 2.85. The van der Waals surface area contributed by atoms with Crippen molar-refractivity contribution in [3.63, 3.8) is 0 Å². The lowest BCUT2D eigenvalue weighted by atomic mass is 10.1. The molecule has 1 saturated heterocycles. The summed E-state index contributed by atoms with van der Waals surface area (Å²) in [5.74, 6) is 0. The third-order valence-electron chi connectivity index (χ3n) is 3.59. The molecule has 0 bridgehead atoms. The van der Waals surface area contributed by atoms with Gasteiger partial charge in [0, 0.05) is 38.6 Å². The van der Waals surface area contributed by atoms with Gasteiger partial charge in [-0.15, -0.1) is 0 Å². The number of hydrogen-bond acceptors (Lipinski definition) is 5. The molecule has 0 unspecified atom stereocenters. The molecule has 2 aromatic heterocycles. The first-order chi connectivity index (χ1) is 9.84. The number of hydrogen-bond donors (Lipinski definition) is 1. The number of hydroxylamine groups is 2. The molecule has 104 valence electrons. The normalized spacial score (nSPS) is 17.5. The summed E-state index contributed by atoms with van der Waals surface area (Å²) in [7, 11) is 0. The van der Waals surface area contributed by atoms with Crippen LogP contribution in [0.2, 0.25) is 0 Å². The van der Waals surface area contributed by atoms with Crippen LogP contribution in [0.25, 0.3) is 0 Å². The van der Waals surface area contributed by atoms with Crippen LogP contribution in [0.1, 0.15) is 17.4 Å². The second-order valence-corrected chi connectivity index (χ2v) is 4.90. The summed E-state index contributed by atoms with van der Waals surface area (Å²) in [5.41, 5.74) is 2.00. The second kappa shape index (κ2) is 6.09. The topological polar surface area (TPSA) is 52.5 Å². The van der Waals surface area contributed by atoms with Crippen LogP contribution in [0.4, 0.5) is 0 Å². The smallest absolute Gasteiger partial charge is 0.0950 e. The van der Waals surface area contributed by atoms with Crippen LogP contribution < -0.4 is 0 Å². The van der Waals surface area contributed by atoms with E-state index in [9.17, 15) is 5.21 Å². The monoisotopic (exact) mass is 270 g/mol. The first-order valence-corrected chi connectivity index (χ1v) is 6.84. The van der Waals surface area contributed by atoms with Crippen molar-refractivity contribution in [2.45, 2.75) is 6.04 Å². The summed E-state index contributed by atoms with van der Waals surface area (Å²) < 4.78 is 0.